The molecule has 1 heterocycles. The van der Waals surface area contributed by atoms with E-state index in [0.717, 1.165) is 10.1 Å². The maximum Gasteiger partial charge on any atom is 0.226 e. The number of hydrogen-bond donors (Lipinski definition) is 1. The van der Waals surface area contributed by atoms with Crippen LogP contribution in [0.3, 0.4) is 0 Å². The lowest BCUT2D eigenvalue weighted by Crippen LogP contribution is -2.13. The summed E-state index contributed by atoms with van der Waals surface area (Å²) in [6.07, 6.45) is 2.32. The molecule has 4 nitrogen and oxygen atoms in total. The third-order valence-corrected chi connectivity index (χ3v) is 3.54. The van der Waals surface area contributed by atoms with Crippen molar-refractivity contribution in [2.24, 2.45) is 5.92 Å². The number of nitrogens with zero attached hydrogens (tertiary/aromatic N) is 2. The van der Waals surface area contributed by atoms with Crippen molar-refractivity contribution < 1.29 is 4.79 Å². The Labute approximate surface area is 104 Å². The Morgan fingerprint density at radius 2 is 2.38 bits per heavy atom. The third kappa shape index (κ3) is 4.76. The van der Waals surface area contributed by atoms with Gasteiger partial charge in [-0.2, -0.15) is 0 Å². The van der Waals surface area contributed by atoms with Gasteiger partial charge in [0.2, 0.25) is 11.0 Å². The fourth-order valence-corrected chi connectivity index (χ4v) is 2.52. The standard InChI is InChI=1S/C10H15N3OS2/c1-4-5-15-10-13-12-9(16-10)11-8(14)6-7(2)3/h4,7H,1,5-6H2,2-3H3,(H,11,12,14). The minimum absolute atomic E-state index is 0.00794. The van der Waals surface area contributed by atoms with Crippen LogP contribution in [0.1, 0.15) is 20.3 Å². The number of anilines is 1. The molecule has 0 saturated carbocycles. The Morgan fingerprint density at radius 3 is 3.00 bits per heavy atom. The molecule has 0 aliphatic carbocycles. The highest BCUT2D eigenvalue weighted by Crippen LogP contribution is 2.25. The fourth-order valence-electron chi connectivity index (χ4n) is 0.990. The van der Waals surface area contributed by atoms with Gasteiger partial charge in [-0.05, 0) is 5.92 Å². The van der Waals surface area contributed by atoms with Crippen molar-refractivity contribution in [3.05, 3.63) is 12.7 Å². The van der Waals surface area contributed by atoms with E-state index in [1.165, 1.54) is 11.3 Å². The predicted molar refractivity (Wildman–Crippen MR) is 68.9 cm³/mol. The Hall–Kier alpha value is -0.880. The van der Waals surface area contributed by atoms with Crippen molar-refractivity contribution >= 4 is 34.1 Å². The molecular weight excluding hydrogens is 242 g/mol. The first kappa shape index (κ1) is 13.2. The van der Waals surface area contributed by atoms with E-state index in [-0.39, 0.29) is 5.91 Å². The highest BCUT2D eigenvalue weighted by molar-refractivity contribution is 8.01. The van der Waals surface area contributed by atoms with E-state index in [4.69, 9.17) is 0 Å². The molecule has 0 saturated heterocycles. The van der Waals surface area contributed by atoms with Crippen LogP contribution in [0.25, 0.3) is 0 Å². The molecule has 16 heavy (non-hydrogen) atoms. The summed E-state index contributed by atoms with van der Waals surface area (Å²) in [6.45, 7) is 7.64. The molecule has 0 atom stereocenters. The molecule has 1 N–H and O–H groups in total. The summed E-state index contributed by atoms with van der Waals surface area (Å²) in [5.41, 5.74) is 0. The van der Waals surface area contributed by atoms with Crippen molar-refractivity contribution in [1.29, 1.82) is 0 Å². The van der Waals surface area contributed by atoms with Gasteiger partial charge in [0.05, 0.1) is 0 Å². The second-order valence-corrected chi connectivity index (χ2v) is 5.86. The summed E-state index contributed by atoms with van der Waals surface area (Å²) < 4.78 is 0.847. The summed E-state index contributed by atoms with van der Waals surface area (Å²) in [5.74, 6) is 1.14. The van der Waals surface area contributed by atoms with E-state index in [0.29, 0.717) is 17.5 Å². The Morgan fingerprint density at radius 1 is 1.62 bits per heavy atom. The molecule has 0 bridgehead atoms. The smallest absolute Gasteiger partial charge is 0.226 e. The third-order valence-electron chi connectivity index (χ3n) is 1.57. The van der Waals surface area contributed by atoms with Crippen molar-refractivity contribution in [2.75, 3.05) is 11.1 Å². The number of aromatic nitrogens is 2. The van der Waals surface area contributed by atoms with Crippen molar-refractivity contribution in [3.63, 3.8) is 0 Å². The van der Waals surface area contributed by atoms with Crippen molar-refractivity contribution in [1.82, 2.24) is 10.2 Å². The molecule has 1 amide bonds. The van der Waals surface area contributed by atoms with Gasteiger partial charge >= 0.3 is 0 Å². The Balaban J connectivity index is 2.45. The molecule has 0 spiro atoms. The number of hydrogen-bond acceptors (Lipinski definition) is 5. The molecule has 0 unspecified atom stereocenters. The topological polar surface area (TPSA) is 54.9 Å². The molecule has 1 aromatic rings. The second-order valence-electron chi connectivity index (χ2n) is 3.62. The molecule has 0 fully saturated rings. The Kier molecular flexibility index (Phi) is 5.48. The molecular formula is C10H15N3OS2. The van der Waals surface area contributed by atoms with Crippen LogP contribution in [0.2, 0.25) is 0 Å². The van der Waals surface area contributed by atoms with Crippen molar-refractivity contribution in [2.45, 2.75) is 24.6 Å². The summed E-state index contributed by atoms with van der Waals surface area (Å²) in [6, 6.07) is 0. The number of carbonyl (C=O) groups is 1. The summed E-state index contributed by atoms with van der Waals surface area (Å²) in [4.78, 5) is 11.5. The number of rotatable bonds is 6. The van der Waals surface area contributed by atoms with Crippen LogP contribution < -0.4 is 5.32 Å². The van der Waals surface area contributed by atoms with Gasteiger partial charge in [-0.1, -0.05) is 43.0 Å². The molecule has 1 aromatic heterocycles. The van der Waals surface area contributed by atoms with Crippen LogP contribution in [0.5, 0.6) is 0 Å². The minimum Gasteiger partial charge on any atom is -0.300 e. The van der Waals surface area contributed by atoms with Gasteiger partial charge in [-0.25, -0.2) is 0 Å². The highest BCUT2D eigenvalue weighted by Gasteiger charge is 2.09. The molecule has 0 aliphatic heterocycles. The van der Waals surface area contributed by atoms with Crippen LogP contribution in [0.15, 0.2) is 17.0 Å². The SMILES string of the molecule is C=CCSc1nnc(NC(=O)CC(C)C)s1. The number of amides is 1. The second kappa shape index (κ2) is 6.65. The largest absolute Gasteiger partial charge is 0.300 e. The molecule has 0 aromatic carbocycles. The van der Waals surface area contributed by atoms with E-state index in [2.05, 4.69) is 22.1 Å². The van der Waals surface area contributed by atoms with E-state index in [1.54, 1.807) is 11.8 Å². The first-order valence-electron chi connectivity index (χ1n) is 4.99. The summed E-state index contributed by atoms with van der Waals surface area (Å²) in [5, 5.41) is 11.2. The molecule has 0 radical (unpaired) electrons. The molecule has 1 rings (SSSR count). The van der Waals surface area contributed by atoms with Gasteiger partial charge in [0.15, 0.2) is 4.34 Å². The van der Waals surface area contributed by atoms with E-state index in [9.17, 15) is 4.79 Å². The normalized spacial score (nSPS) is 10.4. The number of nitrogens with one attached hydrogen (secondary N) is 1. The van der Waals surface area contributed by atoms with Crippen LogP contribution >= 0.6 is 23.1 Å². The zero-order valence-electron chi connectivity index (χ0n) is 9.40. The molecule has 88 valence electrons. The lowest BCUT2D eigenvalue weighted by molar-refractivity contribution is -0.116. The summed E-state index contributed by atoms with van der Waals surface area (Å²) >= 11 is 2.95. The minimum atomic E-state index is -0.00794. The lowest BCUT2D eigenvalue weighted by atomic mass is 10.1. The van der Waals surface area contributed by atoms with Crippen molar-refractivity contribution in [3.8, 4) is 0 Å². The first-order chi connectivity index (χ1) is 7.61. The summed E-state index contributed by atoms with van der Waals surface area (Å²) in [7, 11) is 0. The van der Waals surface area contributed by atoms with Gasteiger partial charge in [0.1, 0.15) is 0 Å². The number of thioether (sulfide) groups is 1. The van der Waals surface area contributed by atoms with Crippen LogP contribution in [-0.4, -0.2) is 21.9 Å². The average molecular weight is 257 g/mol. The zero-order chi connectivity index (χ0) is 12.0. The van der Waals surface area contributed by atoms with E-state index in [1.807, 2.05) is 19.9 Å². The van der Waals surface area contributed by atoms with Gasteiger partial charge in [-0.15, -0.1) is 16.8 Å². The quantitative estimate of drug-likeness (QED) is 0.484. The van der Waals surface area contributed by atoms with E-state index >= 15 is 0 Å². The van der Waals surface area contributed by atoms with Gasteiger partial charge < -0.3 is 5.32 Å². The maximum atomic E-state index is 11.5. The number of carbonyl (C=O) groups excluding carboxylic acids is 1. The van der Waals surface area contributed by atoms with E-state index < -0.39 is 0 Å². The van der Waals surface area contributed by atoms with Crippen LogP contribution in [0, 0.1) is 5.92 Å². The maximum absolute atomic E-state index is 11.5. The fraction of sp³-hybridized carbons (Fsp3) is 0.500. The monoisotopic (exact) mass is 257 g/mol. The van der Waals surface area contributed by atoms with Gasteiger partial charge in [0.25, 0.3) is 0 Å². The lowest BCUT2D eigenvalue weighted by Gasteiger charge is -2.02. The zero-order valence-corrected chi connectivity index (χ0v) is 11.0. The predicted octanol–water partition coefficient (Wildman–Crippen LogP) is 2.80. The molecule has 6 heteroatoms. The Bertz CT molecular complexity index is 363. The van der Waals surface area contributed by atoms with Gasteiger partial charge in [0, 0.05) is 12.2 Å². The van der Waals surface area contributed by atoms with Crippen LogP contribution in [-0.2, 0) is 4.79 Å². The highest BCUT2D eigenvalue weighted by atomic mass is 32.2. The van der Waals surface area contributed by atoms with Crippen LogP contribution in [0.4, 0.5) is 5.13 Å². The van der Waals surface area contributed by atoms with Gasteiger partial charge in [-0.3, -0.25) is 4.79 Å². The molecule has 0 aliphatic rings. The average Bonchev–Trinajstić information content (AvgIpc) is 2.61. The first-order valence-corrected chi connectivity index (χ1v) is 6.79.